The van der Waals surface area contributed by atoms with E-state index in [1.165, 1.54) is 12.1 Å². The van der Waals surface area contributed by atoms with Crippen LogP contribution in [0.2, 0.25) is 0 Å². The molecule has 7 heteroatoms. The van der Waals surface area contributed by atoms with Gasteiger partial charge in [0.1, 0.15) is 18.0 Å². The molecule has 6 nitrogen and oxygen atoms in total. The van der Waals surface area contributed by atoms with Gasteiger partial charge in [0.25, 0.3) is 0 Å². The molecule has 3 N–H and O–H groups in total. The summed E-state index contributed by atoms with van der Waals surface area (Å²) in [7, 11) is 0. The summed E-state index contributed by atoms with van der Waals surface area (Å²) in [5.41, 5.74) is 1.01. The fourth-order valence-corrected chi connectivity index (χ4v) is 3.88. The normalized spacial score (nSPS) is 30.3. The molecule has 0 unspecified atom stereocenters. The smallest absolute Gasteiger partial charge is 0.123 e. The monoisotopic (exact) mass is 367 g/mol. The van der Waals surface area contributed by atoms with Crippen LogP contribution in [0.25, 0.3) is 0 Å². The molecular weight excluding hydrogens is 337 g/mol. The molecule has 2 aliphatic rings. The van der Waals surface area contributed by atoms with Crippen molar-refractivity contribution in [1.29, 1.82) is 0 Å². The molecule has 4 atom stereocenters. The van der Waals surface area contributed by atoms with Crippen LogP contribution in [0, 0.1) is 5.82 Å². The number of piperazine rings is 1. The minimum absolute atomic E-state index is 0.131. The highest BCUT2D eigenvalue weighted by molar-refractivity contribution is 5.46. The van der Waals surface area contributed by atoms with Gasteiger partial charge in [-0.2, -0.15) is 0 Å². The Bertz CT molecular complexity index is 564. The van der Waals surface area contributed by atoms with E-state index in [1.807, 2.05) is 0 Å². The van der Waals surface area contributed by atoms with Crippen LogP contribution in [-0.4, -0.2) is 84.8 Å². The maximum absolute atomic E-state index is 13.1. The number of aliphatic hydroxyl groups excluding tert-OH is 2. The van der Waals surface area contributed by atoms with Crippen molar-refractivity contribution in [2.75, 3.05) is 44.2 Å². The van der Waals surface area contributed by atoms with Crippen molar-refractivity contribution < 1.29 is 19.3 Å². The third-order valence-electron chi connectivity index (χ3n) is 5.30. The molecule has 0 saturated carbocycles. The number of nitrogens with one attached hydrogen (secondary N) is 1. The summed E-state index contributed by atoms with van der Waals surface area (Å²) in [6.45, 7) is 7.82. The number of hydrogen-bond donors (Lipinski definition) is 3. The molecule has 0 bridgehead atoms. The number of aliphatic hydroxyl groups is 2. The predicted molar refractivity (Wildman–Crippen MR) is 98.9 cm³/mol. The quantitative estimate of drug-likeness (QED) is 0.678. The van der Waals surface area contributed by atoms with Gasteiger partial charge in [-0.05, 0) is 24.3 Å². The first-order valence-corrected chi connectivity index (χ1v) is 9.42. The molecule has 0 amide bonds. The minimum Gasteiger partial charge on any atom is -0.394 e. The van der Waals surface area contributed by atoms with Crippen LogP contribution < -0.4 is 10.2 Å². The Kier molecular flexibility index (Phi) is 6.47. The molecule has 0 radical (unpaired) electrons. The van der Waals surface area contributed by atoms with E-state index in [0.717, 1.165) is 31.9 Å². The van der Waals surface area contributed by atoms with E-state index < -0.39 is 12.2 Å². The SMILES string of the molecule is CC(C)NC[C@H]1O[C@@H](CO)[C@@H](O)[C@H]1N1CCN(c2ccc(F)cc2)CC1. The second kappa shape index (κ2) is 8.63. The molecule has 2 saturated heterocycles. The van der Waals surface area contributed by atoms with Crippen LogP contribution in [0.3, 0.4) is 0 Å². The average molecular weight is 367 g/mol. The number of benzene rings is 1. The summed E-state index contributed by atoms with van der Waals surface area (Å²) in [5.74, 6) is -0.228. The number of ether oxygens (including phenoxy) is 1. The van der Waals surface area contributed by atoms with Gasteiger partial charge >= 0.3 is 0 Å². The van der Waals surface area contributed by atoms with Gasteiger partial charge in [0.15, 0.2) is 0 Å². The lowest BCUT2D eigenvalue weighted by molar-refractivity contribution is -0.0216. The van der Waals surface area contributed by atoms with Gasteiger partial charge in [-0.3, -0.25) is 4.90 Å². The lowest BCUT2D eigenvalue weighted by atomic mass is 10.0. The van der Waals surface area contributed by atoms with E-state index in [0.29, 0.717) is 12.6 Å². The molecule has 2 aliphatic heterocycles. The first kappa shape index (κ1) is 19.5. The van der Waals surface area contributed by atoms with Crippen LogP contribution in [0.5, 0.6) is 0 Å². The summed E-state index contributed by atoms with van der Waals surface area (Å²) in [6, 6.07) is 6.77. The largest absolute Gasteiger partial charge is 0.394 e. The van der Waals surface area contributed by atoms with Gasteiger partial charge in [-0.25, -0.2) is 4.39 Å². The number of nitrogens with zero attached hydrogens (tertiary/aromatic N) is 2. The zero-order valence-electron chi connectivity index (χ0n) is 15.5. The van der Waals surface area contributed by atoms with Gasteiger partial charge in [0, 0.05) is 44.5 Å². The first-order valence-electron chi connectivity index (χ1n) is 9.42. The summed E-state index contributed by atoms with van der Waals surface area (Å²) in [5, 5.41) is 23.5. The van der Waals surface area contributed by atoms with Crippen LogP contribution >= 0.6 is 0 Å². The summed E-state index contributed by atoms with van der Waals surface area (Å²) in [4.78, 5) is 4.48. The van der Waals surface area contributed by atoms with E-state index in [1.54, 1.807) is 12.1 Å². The average Bonchev–Trinajstić information content (AvgIpc) is 2.96. The Morgan fingerprint density at radius 2 is 1.81 bits per heavy atom. The highest BCUT2D eigenvalue weighted by atomic mass is 19.1. The van der Waals surface area contributed by atoms with Gasteiger partial charge in [0.2, 0.25) is 0 Å². The maximum Gasteiger partial charge on any atom is 0.123 e. The van der Waals surface area contributed by atoms with Crippen molar-refractivity contribution in [1.82, 2.24) is 10.2 Å². The lowest BCUT2D eigenvalue weighted by Crippen LogP contribution is -2.57. The molecule has 0 aromatic heterocycles. The standard InChI is InChI=1S/C19H30FN3O3/c1-13(2)21-11-16-18(19(25)17(12-24)26-16)23-9-7-22(8-10-23)15-5-3-14(20)4-6-15/h3-6,13,16-19,21,24-25H,7-12H2,1-2H3/t16-,17+,18+,19-/m1/s1. The molecule has 0 aliphatic carbocycles. The number of hydrogen-bond acceptors (Lipinski definition) is 6. The van der Waals surface area contributed by atoms with E-state index >= 15 is 0 Å². The van der Waals surface area contributed by atoms with Crippen LogP contribution in [0.1, 0.15) is 13.8 Å². The van der Waals surface area contributed by atoms with Crippen molar-refractivity contribution in [3.05, 3.63) is 30.1 Å². The third-order valence-corrected chi connectivity index (χ3v) is 5.30. The van der Waals surface area contributed by atoms with Crippen molar-refractivity contribution in [2.45, 2.75) is 44.2 Å². The number of anilines is 1. The third kappa shape index (κ3) is 4.35. The molecule has 1 aromatic rings. The van der Waals surface area contributed by atoms with Crippen molar-refractivity contribution in [3.63, 3.8) is 0 Å². The summed E-state index contributed by atoms with van der Waals surface area (Å²) in [6.07, 6.45) is -1.38. The Labute approximate surface area is 154 Å². The number of halogens is 1. The highest BCUT2D eigenvalue weighted by Crippen LogP contribution is 2.27. The Morgan fingerprint density at radius 1 is 1.15 bits per heavy atom. The Morgan fingerprint density at radius 3 is 2.38 bits per heavy atom. The van der Waals surface area contributed by atoms with Crippen molar-refractivity contribution >= 4 is 5.69 Å². The zero-order valence-corrected chi connectivity index (χ0v) is 15.5. The highest BCUT2D eigenvalue weighted by Gasteiger charge is 2.46. The van der Waals surface area contributed by atoms with E-state index in [4.69, 9.17) is 4.74 Å². The predicted octanol–water partition coefficient (Wildman–Crippen LogP) is 0.435. The minimum atomic E-state index is -0.698. The first-order chi connectivity index (χ1) is 12.5. The van der Waals surface area contributed by atoms with Gasteiger partial charge in [0.05, 0.1) is 18.8 Å². The van der Waals surface area contributed by atoms with Crippen molar-refractivity contribution in [3.8, 4) is 0 Å². The molecule has 26 heavy (non-hydrogen) atoms. The fourth-order valence-electron chi connectivity index (χ4n) is 3.88. The second-order valence-corrected chi connectivity index (χ2v) is 7.44. The Hall–Kier alpha value is -1.25. The van der Waals surface area contributed by atoms with Gasteiger partial charge in [-0.15, -0.1) is 0 Å². The Balaban J connectivity index is 1.62. The van der Waals surface area contributed by atoms with Crippen LogP contribution in [0.4, 0.5) is 10.1 Å². The van der Waals surface area contributed by atoms with Gasteiger partial charge < -0.3 is 25.2 Å². The summed E-state index contributed by atoms with van der Waals surface area (Å²) >= 11 is 0. The molecular formula is C19H30FN3O3. The van der Waals surface area contributed by atoms with Crippen LogP contribution in [0.15, 0.2) is 24.3 Å². The molecule has 2 heterocycles. The van der Waals surface area contributed by atoms with Crippen molar-refractivity contribution in [2.24, 2.45) is 0 Å². The van der Waals surface area contributed by atoms with Crippen LogP contribution in [-0.2, 0) is 4.74 Å². The molecule has 146 valence electrons. The summed E-state index contributed by atoms with van der Waals surface area (Å²) < 4.78 is 19.0. The number of rotatable bonds is 6. The van der Waals surface area contributed by atoms with E-state index in [-0.39, 0.29) is 24.6 Å². The zero-order chi connectivity index (χ0) is 18.7. The maximum atomic E-state index is 13.1. The van der Waals surface area contributed by atoms with E-state index in [2.05, 4.69) is 29.0 Å². The fraction of sp³-hybridized carbons (Fsp3) is 0.684. The molecule has 1 aromatic carbocycles. The topological polar surface area (TPSA) is 68.2 Å². The van der Waals surface area contributed by atoms with Gasteiger partial charge in [-0.1, -0.05) is 13.8 Å². The molecule has 0 spiro atoms. The second-order valence-electron chi connectivity index (χ2n) is 7.44. The lowest BCUT2D eigenvalue weighted by Gasteiger charge is -2.41. The molecule has 3 rings (SSSR count). The van der Waals surface area contributed by atoms with E-state index in [9.17, 15) is 14.6 Å². The molecule has 2 fully saturated rings.